The number of sulfonamides is 1. The van der Waals surface area contributed by atoms with Crippen molar-refractivity contribution < 1.29 is 17.9 Å². The normalized spacial score (nSPS) is 16.0. The zero-order chi connectivity index (χ0) is 20.0. The van der Waals surface area contributed by atoms with Crippen LogP contribution in [0.1, 0.15) is 20.3 Å². The van der Waals surface area contributed by atoms with Gasteiger partial charge in [-0.1, -0.05) is 23.2 Å². The quantitative estimate of drug-likeness (QED) is 0.665. The summed E-state index contributed by atoms with van der Waals surface area (Å²) in [5.74, 6) is 0. The molecule has 0 bridgehead atoms. The molecule has 0 aromatic heterocycles. The van der Waals surface area contributed by atoms with Gasteiger partial charge < -0.3 is 15.0 Å². The molecule has 2 rings (SSSR count). The standard InChI is InChI=1S/C17H25Cl2N3O4S/c1-13(2)26-11-3-6-20-17(23)21-7-9-22(10-8-21)27(24,25)16-12-14(18)4-5-15(16)19/h4-5,12-13H,3,6-11H2,1-2H3,(H,20,23). The lowest BCUT2D eigenvalue weighted by Crippen LogP contribution is -2.53. The summed E-state index contributed by atoms with van der Waals surface area (Å²) in [5.41, 5.74) is 0. The molecule has 1 aromatic rings. The van der Waals surface area contributed by atoms with Gasteiger partial charge in [-0.15, -0.1) is 0 Å². The number of rotatable bonds is 7. The van der Waals surface area contributed by atoms with Crippen LogP contribution in [0.25, 0.3) is 0 Å². The highest BCUT2D eigenvalue weighted by Crippen LogP contribution is 2.28. The molecule has 1 aliphatic heterocycles. The highest BCUT2D eigenvalue weighted by molar-refractivity contribution is 7.89. The monoisotopic (exact) mass is 437 g/mol. The van der Waals surface area contributed by atoms with E-state index in [1.807, 2.05) is 13.8 Å². The Hall–Kier alpha value is -1.06. The lowest BCUT2D eigenvalue weighted by atomic mass is 10.4. The van der Waals surface area contributed by atoms with Crippen molar-refractivity contribution in [3.05, 3.63) is 28.2 Å². The Bertz CT molecular complexity index is 751. The Labute approximate surface area is 170 Å². The first kappa shape index (κ1) is 22.2. The van der Waals surface area contributed by atoms with Crippen LogP contribution in [-0.4, -0.2) is 69.1 Å². The minimum absolute atomic E-state index is 0.0141. The Morgan fingerprint density at radius 3 is 2.52 bits per heavy atom. The van der Waals surface area contributed by atoms with Crippen LogP contribution in [-0.2, 0) is 14.8 Å². The molecule has 0 spiro atoms. The molecule has 10 heteroatoms. The van der Waals surface area contributed by atoms with Crippen molar-refractivity contribution in [2.75, 3.05) is 39.3 Å². The van der Waals surface area contributed by atoms with Crippen LogP contribution < -0.4 is 5.32 Å². The average Bonchev–Trinajstić information content (AvgIpc) is 2.63. The Morgan fingerprint density at radius 1 is 1.22 bits per heavy atom. The lowest BCUT2D eigenvalue weighted by molar-refractivity contribution is 0.0770. The molecule has 0 unspecified atom stereocenters. The number of urea groups is 1. The third-order valence-corrected chi connectivity index (χ3v) is 6.70. The second-order valence-electron chi connectivity index (χ2n) is 6.47. The highest BCUT2D eigenvalue weighted by atomic mass is 35.5. The van der Waals surface area contributed by atoms with Crippen LogP contribution in [0.15, 0.2) is 23.1 Å². The molecule has 2 amide bonds. The molecule has 0 saturated carbocycles. The summed E-state index contributed by atoms with van der Waals surface area (Å²) >= 11 is 11.9. The first-order valence-corrected chi connectivity index (χ1v) is 11.0. The molecule has 1 heterocycles. The molecule has 152 valence electrons. The largest absolute Gasteiger partial charge is 0.379 e. The van der Waals surface area contributed by atoms with E-state index in [0.29, 0.717) is 31.3 Å². The molecule has 1 fully saturated rings. The molecular formula is C17H25Cl2N3O4S. The predicted molar refractivity (Wildman–Crippen MR) is 106 cm³/mol. The summed E-state index contributed by atoms with van der Waals surface area (Å²) < 4.78 is 32.3. The second-order valence-corrected chi connectivity index (χ2v) is 9.22. The molecule has 0 atom stereocenters. The number of halogens is 2. The molecule has 7 nitrogen and oxygen atoms in total. The molecular weight excluding hydrogens is 413 g/mol. The van der Waals surface area contributed by atoms with Gasteiger partial charge in [0.15, 0.2) is 0 Å². The Balaban J connectivity index is 1.85. The van der Waals surface area contributed by atoms with E-state index < -0.39 is 10.0 Å². The zero-order valence-corrected chi connectivity index (χ0v) is 17.8. The number of carbonyl (C=O) groups is 1. The minimum Gasteiger partial charge on any atom is -0.379 e. The van der Waals surface area contributed by atoms with Crippen molar-refractivity contribution in [3.8, 4) is 0 Å². The number of carbonyl (C=O) groups excluding carboxylic acids is 1. The van der Waals surface area contributed by atoms with E-state index in [4.69, 9.17) is 27.9 Å². The SMILES string of the molecule is CC(C)OCCCNC(=O)N1CCN(S(=O)(=O)c2cc(Cl)ccc2Cl)CC1. The van der Waals surface area contributed by atoms with E-state index in [0.717, 1.165) is 6.42 Å². The number of piperazine rings is 1. The Morgan fingerprint density at radius 2 is 1.89 bits per heavy atom. The molecule has 1 saturated heterocycles. The Kier molecular flexibility index (Phi) is 8.18. The van der Waals surface area contributed by atoms with Crippen molar-refractivity contribution in [2.45, 2.75) is 31.3 Å². The van der Waals surface area contributed by atoms with Crippen LogP contribution in [0.2, 0.25) is 10.0 Å². The van der Waals surface area contributed by atoms with Gasteiger partial charge in [-0.2, -0.15) is 4.31 Å². The van der Waals surface area contributed by atoms with Gasteiger partial charge in [0.05, 0.1) is 11.1 Å². The van der Waals surface area contributed by atoms with Crippen LogP contribution >= 0.6 is 23.2 Å². The van der Waals surface area contributed by atoms with Gasteiger partial charge in [0.25, 0.3) is 0 Å². The molecule has 1 aliphatic rings. The predicted octanol–water partition coefficient (Wildman–Crippen LogP) is 2.82. The van der Waals surface area contributed by atoms with E-state index in [-0.39, 0.29) is 35.1 Å². The number of benzene rings is 1. The molecule has 1 N–H and O–H groups in total. The number of hydrogen-bond acceptors (Lipinski definition) is 4. The summed E-state index contributed by atoms with van der Waals surface area (Å²) in [5, 5.41) is 3.26. The smallest absolute Gasteiger partial charge is 0.317 e. The van der Waals surface area contributed by atoms with Crippen LogP contribution in [0.4, 0.5) is 4.79 Å². The van der Waals surface area contributed by atoms with Crippen molar-refractivity contribution in [3.63, 3.8) is 0 Å². The van der Waals surface area contributed by atoms with Crippen LogP contribution in [0, 0.1) is 0 Å². The van der Waals surface area contributed by atoms with Gasteiger partial charge in [-0.3, -0.25) is 0 Å². The van der Waals surface area contributed by atoms with Crippen LogP contribution in [0.5, 0.6) is 0 Å². The topological polar surface area (TPSA) is 79.0 Å². The van der Waals surface area contributed by atoms with E-state index in [1.54, 1.807) is 4.90 Å². The van der Waals surface area contributed by atoms with Gasteiger partial charge in [-0.05, 0) is 38.5 Å². The van der Waals surface area contributed by atoms with Gasteiger partial charge in [0.2, 0.25) is 10.0 Å². The van der Waals surface area contributed by atoms with Crippen LogP contribution in [0.3, 0.4) is 0 Å². The van der Waals surface area contributed by atoms with Gasteiger partial charge >= 0.3 is 6.03 Å². The van der Waals surface area contributed by atoms with Crippen molar-refractivity contribution in [1.82, 2.24) is 14.5 Å². The third-order valence-electron chi connectivity index (χ3n) is 4.09. The minimum atomic E-state index is -3.75. The van der Waals surface area contributed by atoms with E-state index in [1.165, 1.54) is 22.5 Å². The summed E-state index contributed by atoms with van der Waals surface area (Å²) in [6.45, 7) is 6.06. The van der Waals surface area contributed by atoms with E-state index in [2.05, 4.69) is 5.32 Å². The summed E-state index contributed by atoms with van der Waals surface area (Å²) in [7, 11) is -3.75. The fourth-order valence-corrected chi connectivity index (χ4v) is 4.80. The lowest BCUT2D eigenvalue weighted by Gasteiger charge is -2.34. The fourth-order valence-electron chi connectivity index (χ4n) is 2.64. The molecule has 1 aromatic carbocycles. The molecule has 0 aliphatic carbocycles. The number of nitrogens with one attached hydrogen (secondary N) is 1. The maximum absolute atomic E-state index is 12.8. The maximum atomic E-state index is 12.8. The average molecular weight is 438 g/mol. The highest BCUT2D eigenvalue weighted by Gasteiger charge is 2.31. The van der Waals surface area contributed by atoms with Gasteiger partial charge in [0, 0.05) is 44.4 Å². The van der Waals surface area contributed by atoms with Crippen molar-refractivity contribution in [2.24, 2.45) is 0 Å². The van der Waals surface area contributed by atoms with Gasteiger partial charge in [0.1, 0.15) is 4.90 Å². The number of hydrogen-bond donors (Lipinski definition) is 1. The third kappa shape index (κ3) is 6.22. The summed E-state index contributed by atoms with van der Waals surface area (Å²) in [6.07, 6.45) is 0.898. The second kappa shape index (κ2) is 9.93. The zero-order valence-electron chi connectivity index (χ0n) is 15.5. The summed E-state index contributed by atoms with van der Waals surface area (Å²) in [6, 6.07) is 4.15. The number of nitrogens with zero attached hydrogens (tertiary/aromatic N) is 2. The van der Waals surface area contributed by atoms with Crippen molar-refractivity contribution >= 4 is 39.3 Å². The first-order chi connectivity index (χ1) is 12.7. The van der Waals surface area contributed by atoms with Crippen molar-refractivity contribution in [1.29, 1.82) is 0 Å². The van der Waals surface area contributed by atoms with E-state index in [9.17, 15) is 13.2 Å². The molecule has 27 heavy (non-hydrogen) atoms. The summed E-state index contributed by atoms with van der Waals surface area (Å²) in [4.78, 5) is 13.8. The fraction of sp³-hybridized carbons (Fsp3) is 0.588. The van der Waals surface area contributed by atoms with Gasteiger partial charge in [-0.25, -0.2) is 13.2 Å². The molecule has 0 radical (unpaired) electrons. The maximum Gasteiger partial charge on any atom is 0.317 e. The number of amides is 2. The first-order valence-electron chi connectivity index (χ1n) is 8.81. The number of ether oxygens (including phenoxy) is 1. The van der Waals surface area contributed by atoms with E-state index >= 15 is 0 Å².